The van der Waals surface area contributed by atoms with Gasteiger partial charge in [-0.3, -0.25) is 14.4 Å². The zero-order valence-electron chi connectivity index (χ0n) is 14.2. The largest absolute Gasteiger partial charge is 0.481 e. The Labute approximate surface area is 141 Å². The summed E-state index contributed by atoms with van der Waals surface area (Å²) >= 11 is 0. The Bertz CT molecular complexity index is 638. The van der Waals surface area contributed by atoms with Gasteiger partial charge in [0.1, 0.15) is 0 Å². The average Bonchev–Trinajstić information content (AvgIpc) is 2.99. The molecule has 0 aliphatic carbocycles. The molecule has 0 radical (unpaired) electrons. The van der Waals surface area contributed by atoms with Crippen LogP contribution in [0.3, 0.4) is 0 Å². The number of carboxylic acid groups (broad SMARTS) is 1. The second kappa shape index (κ2) is 7.47. The second-order valence-electron chi connectivity index (χ2n) is 6.21. The molecule has 0 unspecified atom stereocenters. The maximum atomic E-state index is 12.6. The van der Waals surface area contributed by atoms with E-state index in [2.05, 4.69) is 5.32 Å². The summed E-state index contributed by atoms with van der Waals surface area (Å²) < 4.78 is 0. The molecule has 2 amide bonds. The van der Waals surface area contributed by atoms with Gasteiger partial charge in [-0.2, -0.15) is 0 Å². The number of nitrogens with one attached hydrogen (secondary N) is 1. The molecule has 24 heavy (non-hydrogen) atoms. The first kappa shape index (κ1) is 18.0. The molecule has 1 aromatic rings. The van der Waals surface area contributed by atoms with E-state index in [9.17, 15) is 14.4 Å². The molecule has 0 aromatic heterocycles. The number of rotatable bonds is 7. The number of nitrogens with zero attached hydrogens (tertiary/aromatic N) is 1. The van der Waals surface area contributed by atoms with Crippen molar-refractivity contribution in [3.63, 3.8) is 0 Å². The summed E-state index contributed by atoms with van der Waals surface area (Å²) in [6.07, 6.45) is 2.31. The fourth-order valence-electron chi connectivity index (χ4n) is 3.06. The standard InChI is InChI=1S/C18H24N2O4/c1-3-18(4-2,12-16(22)23)19-17(24)13-7-5-8-14(11-13)20-10-6-9-15(20)21/h5,7-8,11H,3-4,6,9-10,12H2,1-2H3,(H,19,24)(H,22,23). The molecule has 1 aromatic carbocycles. The van der Waals surface area contributed by atoms with Crippen molar-refractivity contribution in [3.05, 3.63) is 29.8 Å². The van der Waals surface area contributed by atoms with Gasteiger partial charge in [-0.15, -0.1) is 0 Å². The number of carbonyl (C=O) groups is 3. The first-order chi connectivity index (χ1) is 11.4. The van der Waals surface area contributed by atoms with Crippen LogP contribution in [0.2, 0.25) is 0 Å². The first-order valence-electron chi connectivity index (χ1n) is 8.35. The highest BCUT2D eigenvalue weighted by molar-refractivity contribution is 5.99. The summed E-state index contributed by atoms with van der Waals surface area (Å²) in [6.45, 7) is 4.40. The number of amides is 2. The lowest BCUT2D eigenvalue weighted by atomic mass is 9.88. The lowest BCUT2D eigenvalue weighted by Gasteiger charge is -2.31. The maximum absolute atomic E-state index is 12.6. The zero-order valence-corrected chi connectivity index (χ0v) is 14.2. The molecule has 1 aliphatic rings. The van der Waals surface area contributed by atoms with Crippen molar-refractivity contribution in [2.75, 3.05) is 11.4 Å². The number of carboxylic acids is 1. The monoisotopic (exact) mass is 332 g/mol. The number of anilines is 1. The van der Waals surface area contributed by atoms with Gasteiger partial charge in [-0.25, -0.2) is 0 Å². The van der Waals surface area contributed by atoms with Crippen molar-refractivity contribution >= 4 is 23.5 Å². The van der Waals surface area contributed by atoms with Crippen LogP contribution in [0.15, 0.2) is 24.3 Å². The van der Waals surface area contributed by atoms with Gasteiger partial charge < -0.3 is 15.3 Å². The van der Waals surface area contributed by atoms with Crippen LogP contribution in [0.4, 0.5) is 5.69 Å². The minimum absolute atomic E-state index is 0.0647. The van der Waals surface area contributed by atoms with Crippen LogP contribution < -0.4 is 10.2 Å². The predicted molar refractivity (Wildman–Crippen MR) is 91.1 cm³/mol. The minimum Gasteiger partial charge on any atom is -0.481 e. The van der Waals surface area contributed by atoms with Crippen LogP contribution in [-0.2, 0) is 9.59 Å². The van der Waals surface area contributed by atoms with Crippen LogP contribution in [0.25, 0.3) is 0 Å². The fourth-order valence-corrected chi connectivity index (χ4v) is 3.06. The lowest BCUT2D eigenvalue weighted by Crippen LogP contribution is -2.49. The summed E-state index contributed by atoms with van der Waals surface area (Å²) in [5.74, 6) is -1.18. The highest BCUT2D eigenvalue weighted by atomic mass is 16.4. The van der Waals surface area contributed by atoms with Crippen molar-refractivity contribution in [3.8, 4) is 0 Å². The lowest BCUT2D eigenvalue weighted by molar-refractivity contribution is -0.138. The summed E-state index contributed by atoms with van der Waals surface area (Å²) in [5.41, 5.74) is 0.383. The number of carbonyl (C=O) groups excluding carboxylic acids is 2. The molecule has 0 spiro atoms. The van der Waals surface area contributed by atoms with Crippen molar-refractivity contribution in [1.82, 2.24) is 5.32 Å². The molecular formula is C18H24N2O4. The average molecular weight is 332 g/mol. The fraction of sp³-hybridized carbons (Fsp3) is 0.500. The zero-order chi connectivity index (χ0) is 17.7. The normalized spacial score (nSPS) is 14.8. The van der Waals surface area contributed by atoms with E-state index in [1.54, 1.807) is 23.1 Å². The van der Waals surface area contributed by atoms with E-state index < -0.39 is 11.5 Å². The van der Waals surface area contributed by atoms with E-state index in [1.807, 2.05) is 19.9 Å². The molecule has 6 nitrogen and oxygen atoms in total. The quantitative estimate of drug-likeness (QED) is 0.803. The van der Waals surface area contributed by atoms with Crippen molar-refractivity contribution < 1.29 is 19.5 Å². The minimum atomic E-state index is -0.935. The molecule has 2 rings (SSSR count). The van der Waals surface area contributed by atoms with E-state index in [0.717, 1.165) is 6.42 Å². The summed E-state index contributed by atoms with van der Waals surface area (Å²) in [7, 11) is 0. The molecule has 0 bridgehead atoms. The Balaban J connectivity index is 2.20. The van der Waals surface area contributed by atoms with Gasteiger partial charge in [0.2, 0.25) is 5.91 Å². The van der Waals surface area contributed by atoms with E-state index in [1.165, 1.54) is 0 Å². The van der Waals surface area contributed by atoms with Crippen LogP contribution >= 0.6 is 0 Å². The second-order valence-corrected chi connectivity index (χ2v) is 6.21. The van der Waals surface area contributed by atoms with Gasteiger partial charge >= 0.3 is 5.97 Å². The third-order valence-electron chi connectivity index (χ3n) is 4.72. The summed E-state index contributed by atoms with van der Waals surface area (Å²) in [5, 5.41) is 12.0. The number of hydrogen-bond acceptors (Lipinski definition) is 3. The Kier molecular flexibility index (Phi) is 5.59. The third kappa shape index (κ3) is 3.93. The van der Waals surface area contributed by atoms with Gasteiger partial charge in [0, 0.05) is 24.2 Å². The topological polar surface area (TPSA) is 86.7 Å². The van der Waals surface area contributed by atoms with Crippen LogP contribution in [-0.4, -0.2) is 35.0 Å². The Morgan fingerprint density at radius 3 is 2.54 bits per heavy atom. The number of hydrogen-bond donors (Lipinski definition) is 2. The van der Waals surface area contributed by atoms with Crippen molar-refractivity contribution in [2.24, 2.45) is 0 Å². The van der Waals surface area contributed by atoms with Gasteiger partial charge in [0.05, 0.1) is 12.0 Å². The van der Waals surface area contributed by atoms with E-state index >= 15 is 0 Å². The molecule has 6 heteroatoms. The Morgan fingerprint density at radius 2 is 2.00 bits per heavy atom. The first-order valence-corrected chi connectivity index (χ1v) is 8.35. The molecule has 0 saturated carbocycles. The molecule has 1 aliphatic heterocycles. The van der Waals surface area contributed by atoms with Gasteiger partial charge in [-0.1, -0.05) is 19.9 Å². The highest BCUT2D eigenvalue weighted by Gasteiger charge is 2.31. The highest BCUT2D eigenvalue weighted by Crippen LogP contribution is 2.24. The molecule has 1 fully saturated rings. The molecule has 1 saturated heterocycles. The SMILES string of the molecule is CCC(CC)(CC(=O)O)NC(=O)c1cccc(N2CCCC2=O)c1. The third-order valence-corrected chi connectivity index (χ3v) is 4.72. The molecule has 130 valence electrons. The van der Waals surface area contributed by atoms with E-state index in [-0.39, 0.29) is 18.2 Å². The van der Waals surface area contributed by atoms with Crippen LogP contribution in [0.1, 0.15) is 56.3 Å². The maximum Gasteiger partial charge on any atom is 0.305 e. The molecule has 2 N–H and O–H groups in total. The predicted octanol–water partition coefficient (Wildman–Crippen LogP) is 2.58. The molecule has 1 heterocycles. The number of benzene rings is 1. The van der Waals surface area contributed by atoms with E-state index in [0.29, 0.717) is 37.1 Å². The van der Waals surface area contributed by atoms with Crippen molar-refractivity contribution in [2.45, 2.75) is 51.5 Å². The Hall–Kier alpha value is -2.37. The van der Waals surface area contributed by atoms with Gasteiger partial charge in [-0.05, 0) is 37.5 Å². The molecule has 0 atom stereocenters. The summed E-state index contributed by atoms with van der Waals surface area (Å²) in [6, 6.07) is 6.92. The van der Waals surface area contributed by atoms with Crippen molar-refractivity contribution in [1.29, 1.82) is 0 Å². The summed E-state index contributed by atoms with van der Waals surface area (Å²) in [4.78, 5) is 37.3. The number of aliphatic carboxylic acids is 1. The smallest absolute Gasteiger partial charge is 0.305 e. The van der Waals surface area contributed by atoms with Gasteiger partial charge in [0.15, 0.2) is 0 Å². The van der Waals surface area contributed by atoms with Crippen LogP contribution in [0, 0.1) is 0 Å². The van der Waals surface area contributed by atoms with Gasteiger partial charge in [0.25, 0.3) is 5.91 Å². The van der Waals surface area contributed by atoms with E-state index in [4.69, 9.17) is 5.11 Å². The Morgan fingerprint density at radius 1 is 1.29 bits per heavy atom. The van der Waals surface area contributed by atoms with Crippen LogP contribution in [0.5, 0.6) is 0 Å². The molecular weight excluding hydrogens is 308 g/mol.